The predicted molar refractivity (Wildman–Crippen MR) is 86.1 cm³/mol. The number of hydrogen-bond acceptors (Lipinski definition) is 4. The Labute approximate surface area is 138 Å². The lowest BCUT2D eigenvalue weighted by Crippen LogP contribution is -2.38. The Kier molecular flexibility index (Phi) is 4.94. The van der Waals surface area contributed by atoms with Crippen molar-refractivity contribution < 1.29 is 19.2 Å². The third kappa shape index (κ3) is 3.75. The predicted octanol–water partition coefficient (Wildman–Crippen LogP) is 2.68. The molecule has 0 spiro atoms. The van der Waals surface area contributed by atoms with Crippen molar-refractivity contribution >= 4 is 11.6 Å². The fourth-order valence-electron chi connectivity index (χ4n) is 2.34. The van der Waals surface area contributed by atoms with Crippen LogP contribution in [-0.4, -0.2) is 22.5 Å². The molecule has 1 amide bonds. The van der Waals surface area contributed by atoms with E-state index in [1.54, 1.807) is 19.1 Å². The summed E-state index contributed by atoms with van der Waals surface area (Å²) in [5.41, 5.74) is -0.991. The Morgan fingerprint density at radius 1 is 1.29 bits per heavy atom. The molecular formula is C17H17FN2O4. The molecule has 24 heavy (non-hydrogen) atoms. The molecule has 7 heteroatoms. The van der Waals surface area contributed by atoms with E-state index in [2.05, 4.69) is 5.32 Å². The minimum Gasteiger partial charge on any atom is -0.384 e. The topological polar surface area (TPSA) is 92.5 Å². The van der Waals surface area contributed by atoms with E-state index < -0.39 is 22.2 Å². The number of aliphatic hydroxyl groups is 1. The smallest absolute Gasteiger partial charge is 0.285 e. The summed E-state index contributed by atoms with van der Waals surface area (Å²) in [6.07, 6.45) is 0. The van der Waals surface area contributed by atoms with Gasteiger partial charge in [-0.25, -0.2) is 4.39 Å². The average molecular weight is 332 g/mol. The molecule has 2 N–H and O–H groups in total. The Balaban J connectivity index is 2.17. The number of carbonyl (C=O) groups excluding carboxylic acids is 1. The maximum absolute atomic E-state index is 13.0. The zero-order valence-corrected chi connectivity index (χ0v) is 13.2. The van der Waals surface area contributed by atoms with Gasteiger partial charge in [0.05, 0.1) is 11.5 Å². The molecule has 0 heterocycles. The van der Waals surface area contributed by atoms with Gasteiger partial charge < -0.3 is 10.4 Å². The number of rotatable bonds is 5. The quantitative estimate of drug-likeness (QED) is 0.650. The third-order valence-electron chi connectivity index (χ3n) is 3.72. The van der Waals surface area contributed by atoms with Crippen LogP contribution in [0.15, 0.2) is 42.5 Å². The lowest BCUT2D eigenvalue weighted by atomic mass is 9.96. The normalized spacial score (nSPS) is 13.2. The monoisotopic (exact) mass is 332 g/mol. The second-order valence-corrected chi connectivity index (χ2v) is 5.69. The first-order chi connectivity index (χ1) is 11.2. The SMILES string of the molecule is Cc1cccc(C(=O)NCC(C)(O)c2ccc(F)cc2)c1[N+](=O)[O-]. The number of nitrogens with one attached hydrogen (secondary N) is 1. The second-order valence-electron chi connectivity index (χ2n) is 5.69. The van der Waals surface area contributed by atoms with E-state index >= 15 is 0 Å². The summed E-state index contributed by atoms with van der Waals surface area (Å²) in [7, 11) is 0. The summed E-state index contributed by atoms with van der Waals surface area (Å²) in [5, 5.41) is 24.1. The minimum absolute atomic E-state index is 0.0742. The number of benzene rings is 2. The number of nitro benzene ring substituents is 1. The number of hydrogen-bond donors (Lipinski definition) is 2. The van der Waals surface area contributed by atoms with E-state index in [0.717, 1.165) is 0 Å². The molecule has 0 aliphatic carbocycles. The molecule has 1 unspecified atom stereocenters. The van der Waals surface area contributed by atoms with E-state index in [1.807, 2.05) is 0 Å². The molecule has 2 aromatic carbocycles. The summed E-state index contributed by atoms with van der Waals surface area (Å²) in [6, 6.07) is 9.69. The van der Waals surface area contributed by atoms with Crippen LogP contribution in [0, 0.1) is 22.9 Å². The lowest BCUT2D eigenvalue weighted by molar-refractivity contribution is -0.385. The summed E-state index contributed by atoms with van der Waals surface area (Å²) >= 11 is 0. The number of aryl methyl sites for hydroxylation is 1. The molecule has 1 atom stereocenters. The van der Waals surface area contributed by atoms with Gasteiger partial charge in [0, 0.05) is 5.56 Å². The highest BCUT2D eigenvalue weighted by molar-refractivity contribution is 5.98. The van der Waals surface area contributed by atoms with Gasteiger partial charge >= 0.3 is 0 Å². The average Bonchev–Trinajstić information content (AvgIpc) is 2.52. The minimum atomic E-state index is -1.44. The maximum atomic E-state index is 13.0. The lowest BCUT2D eigenvalue weighted by Gasteiger charge is -2.24. The highest BCUT2D eigenvalue weighted by Crippen LogP contribution is 2.24. The molecule has 126 valence electrons. The van der Waals surface area contributed by atoms with Crippen molar-refractivity contribution in [2.45, 2.75) is 19.4 Å². The zero-order chi connectivity index (χ0) is 17.9. The number of halogens is 1. The first-order valence-corrected chi connectivity index (χ1v) is 7.23. The number of para-hydroxylation sites is 1. The molecule has 0 saturated carbocycles. The van der Waals surface area contributed by atoms with Crippen molar-refractivity contribution in [3.8, 4) is 0 Å². The fraction of sp³-hybridized carbons (Fsp3) is 0.235. The van der Waals surface area contributed by atoms with Gasteiger partial charge in [-0.3, -0.25) is 14.9 Å². The third-order valence-corrected chi connectivity index (χ3v) is 3.72. The van der Waals surface area contributed by atoms with Crippen LogP contribution >= 0.6 is 0 Å². The van der Waals surface area contributed by atoms with Gasteiger partial charge in [0.1, 0.15) is 17.0 Å². The molecule has 0 saturated heterocycles. The summed E-state index contributed by atoms with van der Waals surface area (Å²) in [5.74, 6) is -1.10. The standard InChI is InChI=1S/C17H17FN2O4/c1-11-4-3-5-14(15(11)20(23)24)16(21)19-10-17(2,22)12-6-8-13(18)9-7-12/h3-9,22H,10H2,1-2H3,(H,19,21). The Morgan fingerprint density at radius 3 is 2.50 bits per heavy atom. The molecule has 2 rings (SSSR count). The molecule has 0 bridgehead atoms. The van der Waals surface area contributed by atoms with Crippen LogP contribution in [0.2, 0.25) is 0 Å². The summed E-state index contributed by atoms with van der Waals surface area (Å²) in [4.78, 5) is 22.8. The van der Waals surface area contributed by atoms with Gasteiger partial charge in [0.15, 0.2) is 0 Å². The Bertz CT molecular complexity index is 773. The van der Waals surface area contributed by atoms with E-state index in [0.29, 0.717) is 11.1 Å². The van der Waals surface area contributed by atoms with Gasteiger partial charge in [-0.05, 0) is 37.6 Å². The number of carbonyl (C=O) groups is 1. The van der Waals surface area contributed by atoms with Crippen LogP contribution < -0.4 is 5.32 Å². The van der Waals surface area contributed by atoms with Crippen LogP contribution in [0.1, 0.15) is 28.4 Å². The van der Waals surface area contributed by atoms with E-state index in [1.165, 1.54) is 37.3 Å². The number of nitro groups is 1. The van der Waals surface area contributed by atoms with Crippen molar-refractivity contribution in [1.29, 1.82) is 0 Å². The maximum Gasteiger partial charge on any atom is 0.285 e. The van der Waals surface area contributed by atoms with Crippen LogP contribution in [-0.2, 0) is 5.60 Å². The largest absolute Gasteiger partial charge is 0.384 e. The van der Waals surface area contributed by atoms with Gasteiger partial charge in [-0.15, -0.1) is 0 Å². The molecule has 6 nitrogen and oxygen atoms in total. The van der Waals surface area contributed by atoms with Crippen molar-refractivity contribution in [3.63, 3.8) is 0 Å². The molecular weight excluding hydrogens is 315 g/mol. The van der Waals surface area contributed by atoms with E-state index in [4.69, 9.17) is 0 Å². The first kappa shape index (κ1) is 17.6. The summed E-state index contributed by atoms with van der Waals surface area (Å²) in [6.45, 7) is 2.83. The number of amides is 1. The van der Waals surface area contributed by atoms with Gasteiger partial charge in [-0.2, -0.15) is 0 Å². The fourth-order valence-corrected chi connectivity index (χ4v) is 2.34. The second kappa shape index (κ2) is 6.76. The first-order valence-electron chi connectivity index (χ1n) is 7.23. The molecule has 0 fully saturated rings. The van der Waals surface area contributed by atoms with Gasteiger partial charge in [0.25, 0.3) is 11.6 Å². The van der Waals surface area contributed by atoms with E-state index in [-0.39, 0.29) is 17.8 Å². The molecule has 0 aliphatic rings. The zero-order valence-electron chi connectivity index (χ0n) is 13.2. The Morgan fingerprint density at radius 2 is 1.92 bits per heavy atom. The van der Waals surface area contributed by atoms with Crippen LogP contribution in [0.3, 0.4) is 0 Å². The van der Waals surface area contributed by atoms with Crippen LogP contribution in [0.5, 0.6) is 0 Å². The van der Waals surface area contributed by atoms with Crippen LogP contribution in [0.4, 0.5) is 10.1 Å². The van der Waals surface area contributed by atoms with Crippen LogP contribution in [0.25, 0.3) is 0 Å². The highest BCUT2D eigenvalue weighted by atomic mass is 19.1. The van der Waals surface area contributed by atoms with Crippen molar-refractivity contribution in [2.75, 3.05) is 6.54 Å². The number of nitrogens with zero attached hydrogens (tertiary/aromatic N) is 1. The van der Waals surface area contributed by atoms with Crippen molar-refractivity contribution in [2.24, 2.45) is 0 Å². The highest BCUT2D eigenvalue weighted by Gasteiger charge is 2.27. The molecule has 0 radical (unpaired) electrons. The van der Waals surface area contributed by atoms with Crippen molar-refractivity contribution in [3.05, 3.63) is 75.1 Å². The molecule has 2 aromatic rings. The summed E-state index contributed by atoms with van der Waals surface area (Å²) < 4.78 is 13.0. The van der Waals surface area contributed by atoms with Gasteiger partial charge in [-0.1, -0.05) is 24.3 Å². The molecule has 0 aromatic heterocycles. The van der Waals surface area contributed by atoms with Gasteiger partial charge in [0.2, 0.25) is 0 Å². The molecule has 0 aliphatic heterocycles. The van der Waals surface area contributed by atoms with Crippen molar-refractivity contribution in [1.82, 2.24) is 5.32 Å². The van der Waals surface area contributed by atoms with E-state index in [9.17, 15) is 24.4 Å². The Hall–Kier alpha value is -2.80.